The van der Waals surface area contributed by atoms with Gasteiger partial charge in [0, 0.05) is 25.7 Å². The Bertz CT molecular complexity index is 135. The van der Waals surface area contributed by atoms with Gasteiger partial charge in [-0.2, -0.15) is 0 Å². The lowest BCUT2D eigenvalue weighted by atomic mass is 9.96. The largest absolute Gasteiger partial charge is 0.327 e. The van der Waals surface area contributed by atoms with Crippen LogP contribution >= 0.6 is 0 Å². The lowest BCUT2D eigenvalue weighted by molar-refractivity contribution is 0.168. The van der Waals surface area contributed by atoms with Crippen LogP contribution in [-0.2, 0) is 0 Å². The van der Waals surface area contributed by atoms with Gasteiger partial charge in [-0.15, -0.1) is 6.58 Å². The molecule has 1 fully saturated rings. The van der Waals surface area contributed by atoms with Gasteiger partial charge in [0.25, 0.3) is 0 Å². The molecule has 2 unspecified atom stereocenters. The topological polar surface area (TPSA) is 29.3 Å². The third kappa shape index (κ3) is 2.95. The first kappa shape index (κ1) is 9.75. The highest BCUT2D eigenvalue weighted by molar-refractivity contribution is 4.80. The minimum atomic E-state index is 0.388. The predicted molar refractivity (Wildman–Crippen MR) is 53.0 cm³/mol. The molecule has 2 N–H and O–H groups in total. The maximum Gasteiger partial charge on any atom is 0.0170 e. The molecule has 1 aliphatic rings. The summed E-state index contributed by atoms with van der Waals surface area (Å²) in [4.78, 5) is 2.44. The smallest absolute Gasteiger partial charge is 0.0170 e. The fraction of sp³-hybridized carbons (Fsp3) is 0.800. The molecule has 12 heavy (non-hydrogen) atoms. The Hall–Kier alpha value is -0.340. The molecule has 0 aromatic heterocycles. The number of hydrogen-bond acceptors (Lipinski definition) is 2. The Morgan fingerprint density at radius 1 is 1.58 bits per heavy atom. The standard InChI is InChI=1S/C10H20N2/c1-3-4-5-12-7-9(2)6-10(11)8-12/h3,9-10H,1,4-8,11H2,2H3. The molecule has 1 aliphatic heterocycles. The average molecular weight is 168 g/mol. The first-order chi connectivity index (χ1) is 5.72. The van der Waals surface area contributed by atoms with Crippen molar-refractivity contribution in [2.45, 2.75) is 25.8 Å². The van der Waals surface area contributed by atoms with E-state index in [-0.39, 0.29) is 0 Å². The maximum atomic E-state index is 5.92. The fourth-order valence-electron chi connectivity index (χ4n) is 1.97. The molecule has 0 aromatic rings. The van der Waals surface area contributed by atoms with Crippen LogP contribution in [0, 0.1) is 5.92 Å². The number of nitrogens with zero attached hydrogens (tertiary/aromatic N) is 1. The van der Waals surface area contributed by atoms with E-state index in [1.807, 2.05) is 6.08 Å². The van der Waals surface area contributed by atoms with E-state index < -0.39 is 0 Å². The van der Waals surface area contributed by atoms with Gasteiger partial charge in [0.1, 0.15) is 0 Å². The van der Waals surface area contributed by atoms with E-state index in [0.29, 0.717) is 6.04 Å². The molecule has 0 radical (unpaired) electrons. The lowest BCUT2D eigenvalue weighted by Gasteiger charge is -2.34. The number of nitrogens with two attached hydrogens (primary N) is 1. The SMILES string of the molecule is C=CCCN1CC(C)CC(N)C1. The summed E-state index contributed by atoms with van der Waals surface area (Å²) in [5.74, 6) is 0.763. The van der Waals surface area contributed by atoms with Crippen LogP contribution in [-0.4, -0.2) is 30.6 Å². The Kier molecular flexibility index (Phi) is 3.76. The van der Waals surface area contributed by atoms with Crippen molar-refractivity contribution in [3.63, 3.8) is 0 Å². The van der Waals surface area contributed by atoms with Crippen LogP contribution < -0.4 is 5.73 Å². The minimum Gasteiger partial charge on any atom is -0.327 e. The summed E-state index contributed by atoms with van der Waals surface area (Å²) in [6, 6.07) is 0.388. The fourth-order valence-corrected chi connectivity index (χ4v) is 1.97. The zero-order valence-electron chi connectivity index (χ0n) is 8.00. The molecule has 0 saturated carbocycles. The first-order valence-electron chi connectivity index (χ1n) is 4.81. The third-order valence-corrected chi connectivity index (χ3v) is 2.42. The van der Waals surface area contributed by atoms with Gasteiger partial charge in [0.2, 0.25) is 0 Å². The summed E-state index contributed by atoms with van der Waals surface area (Å²) < 4.78 is 0. The molecule has 2 heteroatoms. The quantitative estimate of drug-likeness (QED) is 0.642. The van der Waals surface area contributed by atoms with E-state index in [9.17, 15) is 0 Å². The lowest BCUT2D eigenvalue weighted by Crippen LogP contribution is -2.46. The normalized spacial score (nSPS) is 31.8. The number of piperidine rings is 1. The highest BCUT2D eigenvalue weighted by Gasteiger charge is 2.20. The highest BCUT2D eigenvalue weighted by atomic mass is 15.1. The Morgan fingerprint density at radius 2 is 2.33 bits per heavy atom. The van der Waals surface area contributed by atoms with Crippen LogP contribution in [0.15, 0.2) is 12.7 Å². The van der Waals surface area contributed by atoms with Gasteiger partial charge in [0.15, 0.2) is 0 Å². The molecule has 1 heterocycles. The number of rotatable bonds is 3. The van der Waals surface area contributed by atoms with Gasteiger partial charge in [-0.05, 0) is 18.8 Å². The van der Waals surface area contributed by atoms with E-state index in [1.165, 1.54) is 13.0 Å². The van der Waals surface area contributed by atoms with Gasteiger partial charge in [-0.1, -0.05) is 13.0 Å². The van der Waals surface area contributed by atoms with Crippen LogP contribution in [0.3, 0.4) is 0 Å². The maximum absolute atomic E-state index is 5.92. The zero-order valence-corrected chi connectivity index (χ0v) is 8.00. The molecule has 0 aromatic carbocycles. The van der Waals surface area contributed by atoms with E-state index in [2.05, 4.69) is 18.4 Å². The van der Waals surface area contributed by atoms with Crippen molar-refractivity contribution in [2.75, 3.05) is 19.6 Å². The van der Waals surface area contributed by atoms with Gasteiger partial charge >= 0.3 is 0 Å². The Balaban J connectivity index is 2.28. The molecule has 0 amide bonds. The molecule has 0 spiro atoms. The van der Waals surface area contributed by atoms with Crippen molar-refractivity contribution in [2.24, 2.45) is 11.7 Å². The molecule has 1 rings (SSSR count). The molecule has 2 atom stereocenters. The zero-order chi connectivity index (χ0) is 8.97. The summed E-state index contributed by atoms with van der Waals surface area (Å²) in [6.45, 7) is 9.41. The summed E-state index contributed by atoms with van der Waals surface area (Å²) in [5.41, 5.74) is 5.92. The second kappa shape index (κ2) is 4.63. The molecule has 0 bridgehead atoms. The molecular weight excluding hydrogens is 148 g/mol. The van der Waals surface area contributed by atoms with Crippen molar-refractivity contribution < 1.29 is 0 Å². The van der Waals surface area contributed by atoms with Crippen molar-refractivity contribution in [3.05, 3.63) is 12.7 Å². The Morgan fingerprint density at radius 3 is 2.92 bits per heavy atom. The molecule has 2 nitrogen and oxygen atoms in total. The summed E-state index contributed by atoms with van der Waals surface area (Å²) >= 11 is 0. The van der Waals surface area contributed by atoms with Gasteiger partial charge in [-0.3, -0.25) is 0 Å². The highest BCUT2D eigenvalue weighted by Crippen LogP contribution is 2.14. The number of hydrogen-bond donors (Lipinski definition) is 1. The van der Waals surface area contributed by atoms with Gasteiger partial charge in [-0.25, -0.2) is 0 Å². The van der Waals surface area contributed by atoms with Gasteiger partial charge in [0.05, 0.1) is 0 Å². The first-order valence-corrected chi connectivity index (χ1v) is 4.81. The van der Waals surface area contributed by atoms with E-state index in [4.69, 9.17) is 5.73 Å². The Labute approximate surface area is 75.4 Å². The van der Waals surface area contributed by atoms with Crippen molar-refractivity contribution in [3.8, 4) is 0 Å². The van der Waals surface area contributed by atoms with Crippen LogP contribution in [0.25, 0.3) is 0 Å². The second-order valence-electron chi connectivity index (χ2n) is 3.94. The van der Waals surface area contributed by atoms with Crippen LogP contribution in [0.5, 0.6) is 0 Å². The predicted octanol–water partition coefficient (Wildman–Crippen LogP) is 1.23. The van der Waals surface area contributed by atoms with Crippen molar-refractivity contribution in [1.29, 1.82) is 0 Å². The van der Waals surface area contributed by atoms with Crippen LogP contribution in [0.4, 0.5) is 0 Å². The van der Waals surface area contributed by atoms with Crippen molar-refractivity contribution in [1.82, 2.24) is 4.90 Å². The molecular formula is C10H20N2. The van der Waals surface area contributed by atoms with Crippen molar-refractivity contribution >= 4 is 0 Å². The second-order valence-corrected chi connectivity index (χ2v) is 3.94. The monoisotopic (exact) mass is 168 g/mol. The molecule has 1 saturated heterocycles. The summed E-state index contributed by atoms with van der Waals surface area (Å²) in [7, 11) is 0. The molecule has 70 valence electrons. The van der Waals surface area contributed by atoms with E-state index in [1.54, 1.807) is 0 Å². The van der Waals surface area contributed by atoms with Crippen LogP contribution in [0.2, 0.25) is 0 Å². The third-order valence-electron chi connectivity index (χ3n) is 2.42. The van der Waals surface area contributed by atoms with Gasteiger partial charge < -0.3 is 10.6 Å². The minimum absolute atomic E-state index is 0.388. The molecule has 0 aliphatic carbocycles. The van der Waals surface area contributed by atoms with Crippen LogP contribution in [0.1, 0.15) is 19.8 Å². The van der Waals surface area contributed by atoms with E-state index in [0.717, 1.165) is 25.4 Å². The average Bonchev–Trinajstić information content (AvgIpc) is 1.99. The number of likely N-dealkylation sites (tertiary alicyclic amines) is 1. The van der Waals surface area contributed by atoms with E-state index >= 15 is 0 Å². The summed E-state index contributed by atoms with van der Waals surface area (Å²) in [6.07, 6.45) is 4.24. The summed E-state index contributed by atoms with van der Waals surface area (Å²) in [5, 5.41) is 0.